The SMILES string of the molecule is CC(C)OCCN(C)C(=O)c1ncccc1C#CCCO. The molecule has 0 unspecified atom stereocenters. The molecule has 0 aliphatic rings. The summed E-state index contributed by atoms with van der Waals surface area (Å²) in [5.74, 6) is 5.50. The second-order valence-corrected chi connectivity index (χ2v) is 4.82. The van der Waals surface area contributed by atoms with Gasteiger partial charge in [0.05, 0.1) is 24.9 Å². The molecule has 1 aromatic rings. The zero-order chi connectivity index (χ0) is 15.7. The van der Waals surface area contributed by atoms with Gasteiger partial charge in [0.2, 0.25) is 0 Å². The average Bonchev–Trinajstić information content (AvgIpc) is 2.47. The Labute approximate surface area is 125 Å². The molecule has 1 aromatic heterocycles. The van der Waals surface area contributed by atoms with Gasteiger partial charge in [-0.1, -0.05) is 11.8 Å². The Morgan fingerprint density at radius 1 is 1.52 bits per heavy atom. The Morgan fingerprint density at radius 3 is 2.95 bits per heavy atom. The number of rotatable bonds is 6. The molecule has 0 aromatic carbocycles. The van der Waals surface area contributed by atoms with Gasteiger partial charge in [-0.3, -0.25) is 4.79 Å². The molecule has 0 aliphatic heterocycles. The summed E-state index contributed by atoms with van der Waals surface area (Å²) in [7, 11) is 1.71. The van der Waals surface area contributed by atoms with Gasteiger partial charge in [-0.05, 0) is 26.0 Å². The van der Waals surface area contributed by atoms with E-state index in [0.29, 0.717) is 30.8 Å². The smallest absolute Gasteiger partial charge is 0.273 e. The standard InChI is InChI=1S/C16H22N2O3/c1-13(2)21-12-10-18(3)16(20)15-14(7-4-5-11-19)8-6-9-17-15/h6,8-9,13,19H,5,10-12H2,1-3H3. The van der Waals surface area contributed by atoms with Crippen LogP contribution in [0, 0.1) is 11.8 Å². The largest absolute Gasteiger partial charge is 0.395 e. The lowest BCUT2D eigenvalue weighted by Gasteiger charge is -2.18. The number of hydrogen-bond acceptors (Lipinski definition) is 4. The fourth-order valence-electron chi connectivity index (χ4n) is 1.60. The molecule has 0 radical (unpaired) electrons. The summed E-state index contributed by atoms with van der Waals surface area (Å²) in [6, 6.07) is 3.49. The number of aliphatic hydroxyl groups excluding tert-OH is 1. The third kappa shape index (κ3) is 5.94. The first kappa shape index (κ1) is 17.2. The van der Waals surface area contributed by atoms with E-state index in [1.54, 1.807) is 30.3 Å². The van der Waals surface area contributed by atoms with Crippen LogP contribution in [0.5, 0.6) is 0 Å². The molecule has 0 saturated heterocycles. The van der Waals surface area contributed by atoms with Gasteiger partial charge in [-0.2, -0.15) is 0 Å². The van der Waals surface area contributed by atoms with Crippen molar-refractivity contribution in [3.8, 4) is 11.8 Å². The van der Waals surface area contributed by atoms with Gasteiger partial charge in [-0.15, -0.1) is 0 Å². The van der Waals surface area contributed by atoms with Crippen molar-refractivity contribution in [2.75, 3.05) is 26.8 Å². The van der Waals surface area contributed by atoms with E-state index in [1.807, 2.05) is 13.8 Å². The first-order valence-electron chi connectivity index (χ1n) is 6.98. The molecule has 21 heavy (non-hydrogen) atoms. The number of hydrogen-bond donors (Lipinski definition) is 1. The Kier molecular flexibility index (Phi) is 7.44. The highest BCUT2D eigenvalue weighted by Crippen LogP contribution is 2.07. The number of amides is 1. The third-order valence-corrected chi connectivity index (χ3v) is 2.69. The molecule has 1 amide bonds. The summed E-state index contributed by atoms with van der Waals surface area (Å²) < 4.78 is 5.44. The van der Waals surface area contributed by atoms with E-state index >= 15 is 0 Å². The summed E-state index contributed by atoms with van der Waals surface area (Å²) in [4.78, 5) is 18.1. The van der Waals surface area contributed by atoms with Crippen LogP contribution in [0.2, 0.25) is 0 Å². The average molecular weight is 290 g/mol. The lowest BCUT2D eigenvalue weighted by Crippen LogP contribution is -2.31. The zero-order valence-electron chi connectivity index (χ0n) is 12.8. The fraction of sp³-hybridized carbons (Fsp3) is 0.500. The number of pyridine rings is 1. The van der Waals surface area contributed by atoms with Gasteiger partial charge in [0.25, 0.3) is 5.91 Å². The van der Waals surface area contributed by atoms with Gasteiger partial charge < -0.3 is 14.7 Å². The lowest BCUT2D eigenvalue weighted by molar-refractivity contribution is 0.0529. The van der Waals surface area contributed by atoms with Gasteiger partial charge in [-0.25, -0.2) is 4.98 Å². The highest BCUT2D eigenvalue weighted by molar-refractivity contribution is 5.94. The first-order chi connectivity index (χ1) is 10.1. The van der Waals surface area contributed by atoms with Crippen molar-refractivity contribution < 1.29 is 14.6 Å². The second kappa shape index (κ2) is 9.11. The highest BCUT2D eigenvalue weighted by Gasteiger charge is 2.16. The van der Waals surface area contributed by atoms with E-state index in [2.05, 4.69) is 16.8 Å². The maximum Gasteiger partial charge on any atom is 0.273 e. The number of aromatic nitrogens is 1. The summed E-state index contributed by atoms with van der Waals surface area (Å²) >= 11 is 0. The molecule has 0 bridgehead atoms. The molecule has 0 atom stereocenters. The van der Waals surface area contributed by atoms with Crippen molar-refractivity contribution in [2.45, 2.75) is 26.4 Å². The van der Waals surface area contributed by atoms with Crippen LogP contribution in [-0.2, 0) is 4.74 Å². The third-order valence-electron chi connectivity index (χ3n) is 2.69. The Hall–Kier alpha value is -1.90. The quantitative estimate of drug-likeness (QED) is 0.803. The summed E-state index contributed by atoms with van der Waals surface area (Å²) in [6.45, 7) is 4.89. The van der Waals surface area contributed by atoms with Gasteiger partial charge >= 0.3 is 0 Å². The summed E-state index contributed by atoms with van der Waals surface area (Å²) in [5, 5.41) is 8.75. The molecule has 1 heterocycles. The minimum Gasteiger partial charge on any atom is -0.395 e. The van der Waals surface area contributed by atoms with Crippen LogP contribution in [0.4, 0.5) is 0 Å². The van der Waals surface area contributed by atoms with Crippen molar-refractivity contribution in [3.05, 3.63) is 29.6 Å². The van der Waals surface area contributed by atoms with E-state index in [-0.39, 0.29) is 18.6 Å². The van der Waals surface area contributed by atoms with Crippen LogP contribution >= 0.6 is 0 Å². The topological polar surface area (TPSA) is 62.7 Å². The predicted octanol–water partition coefficient (Wildman–Crippen LogP) is 1.31. The van der Waals surface area contributed by atoms with E-state index in [0.717, 1.165) is 0 Å². The predicted molar refractivity (Wildman–Crippen MR) is 80.9 cm³/mol. The maximum absolute atomic E-state index is 12.4. The molecule has 0 fully saturated rings. The van der Waals surface area contributed by atoms with Crippen LogP contribution in [0.25, 0.3) is 0 Å². The molecule has 5 heteroatoms. The van der Waals surface area contributed by atoms with E-state index in [4.69, 9.17) is 9.84 Å². The fourth-order valence-corrected chi connectivity index (χ4v) is 1.60. The number of ether oxygens (including phenoxy) is 1. The Bertz CT molecular complexity index is 518. The van der Waals surface area contributed by atoms with Crippen LogP contribution in [-0.4, -0.2) is 53.8 Å². The number of nitrogens with zero attached hydrogens (tertiary/aromatic N) is 2. The van der Waals surface area contributed by atoms with Crippen LogP contribution in [0.1, 0.15) is 36.3 Å². The molecular weight excluding hydrogens is 268 g/mol. The first-order valence-corrected chi connectivity index (χ1v) is 6.98. The van der Waals surface area contributed by atoms with Gasteiger partial charge in [0.15, 0.2) is 0 Å². The summed E-state index contributed by atoms with van der Waals surface area (Å²) in [6.07, 6.45) is 2.09. The van der Waals surface area contributed by atoms with E-state index in [1.165, 1.54) is 0 Å². The molecule has 5 nitrogen and oxygen atoms in total. The molecule has 0 saturated carbocycles. The molecule has 1 N–H and O–H groups in total. The van der Waals surface area contributed by atoms with E-state index < -0.39 is 0 Å². The number of likely N-dealkylation sites (N-methyl/N-ethyl adjacent to an activating group) is 1. The molecule has 0 spiro atoms. The lowest BCUT2D eigenvalue weighted by atomic mass is 10.1. The Balaban J connectivity index is 2.75. The second-order valence-electron chi connectivity index (χ2n) is 4.82. The van der Waals surface area contributed by atoms with Crippen LogP contribution < -0.4 is 0 Å². The summed E-state index contributed by atoms with van der Waals surface area (Å²) in [5.41, 5.74) is 0.905. The molecular formula is C16H22N2O3. The van der Waals surface area contributed by atoms with E-state index in [9.17, 15) is 4.79 Å². The number of carbonyl (C=O) groups is 1. The minimum atomic E-state index is -0.184. The zero-order valence-corrected chi connectivity index (χ0v) is 12.8. The maximum atomic E-state index is 12.4. The monoisotopic (exact) mass is 290 g/mol. The highest BCUT2D eigenvalue weighted by atomic mass is 16.5. The van der Waals surface area contributed by atoms with Crippen molar-refractivity contribution in [1.29, 1.82) is 0 Å². The van der Waals surface area contributed by atoms with Gasteiger partial charge in [0.1, 0.15) is 5.69 Å². The minimum absolute atomic E-state index is 0.00296. The van der Waals surface area contributed by atoms with Crippen molar-refractivity contribution in [3.63, 3.8) is 0 Å². The van der Waals surface area contributed by atoms with Crippen LogP contribution in [0.15, 0.2) is 18.3 Å². The number of carbonyl (C=O) groups excluding carboxylic acids is 1. The van der Waals surface area contributed by atoms with Crippen molar-refractivity contribution in [2.24, 2.45) is 0 Å². The molecule has 114 valence electrons. The van der Waals surface area contributed by atoms with Crippen molar-refractivity contribution >= 4 is 5.91 Å². The van der Waals surface area contributed by atoms with Gasteiger partial charge in [0, 0.05) is 26.2 Å². The number of aliphatic hydroxyl groups is 1. The van der Waals surface area contributed by atoms with Crippen molar-refractivity contribution in [1.82, 2.24) is 9.88 Å². The normalized spacial score (nSPS) is 10.1. The molecule has 0 aliphatic carbocycles. The Morgan fingerprint density at radius 2 is 2.29 bits per heavy atom. The van der Waals surface area contributed by atoms with Crippen LogP contribution in [0.3, 0.4) is 0 Å². The molecule has 1 rings (SSSR count).